The predicted octanol–water partition coefficient (Wildman–Crippen LogP) is 1.00. The van der Waals surface area contributed by atoms with Gasteiger partial charge in [0.1, 0.15) is 5.75 Å². The molecule has 2 aromatic rings. The fraction of sp³-hybridized carbons (Fsp3) is 0.458. The molecule has 0 saturated carbocycles. The van der Waals surface area contributed by atoms with Crippen molar-refractivity contribution < 1.29 is 23.9 Å². The highest BCUT2D eigenvalue weighted by atomic mass is 16.5. The molecule has 2 aromatic carbocycles. The topological polar surface area (TPSA) is 55.7 Å². The van der Waals surface area contributed by atoms with E-state index < -0.39 is 0 Å². The Morgan fingerprint density at radius 3 is 2.16 bits per heavy atom. The number of piperazine rings is 1. The van der Waals surface area contributed by atoms with Crippen LogP contribution in [0.25, 0.3) is 0 Å². The van der Waals surface area contributed by atoms with Gasteiger partial charge in [0.25, 0.3) is 5.91 Å². The second-order valence-corrected chi connectivity index (χ2v) is 8.15. The number of benzene rings is 2. The van der Waals surface area contributed by atoms with Gasteiger partial charge in [-0.25, -0.2) is 0 Å². The summed E-state index contributed by atoms with van der Waals surface area (Å²) < 4.78 is 16.1. The van der Waals surface area contributed by atoms with Crippen LogP contribution in [0.4, 0.5) is 5.69 Å². The average molecular weight is 427 g/mol. The number of rotatable bonds is 6. The summed E-state index contributed by atoms with van der Waals surface area (Å²) in [5.41, 5.74) is 3.60. The lowest BCUT2D eigenvalue weighted by Gasteiger charge is -2.35. The maximum absolute atomic E-state index is 13.0. The van der Waals surface area contributed by atoms with Crippen LogP contribution < -0.4 is 24.0 Å². The number of nitrogens with zero attached hydrogens (tertiary/aromatic N) is 2. The number of fused-ring (bicyclic) bond motifs is 1. The summed E-state index contributed by atoms with van der Waals surface area (Å²) in [4.78, 5) is 18.7. The van der Waals surface area contributed by atoms with Crippen molar-refractivity contribution in [1.82, 2.24) is 4.90 Å². The Kier molecular flexibility index (Phi) is 6.51. The molecule has 31 heavy (non-hydrogen) atoms. The van der Waals surface area contributed by atoms with E-state index in [1.54, 1.807) is 21.3 Å². The van der Waals surface area contributed by atoms with Crippen molar-refractivity contribution in [1.29, 1.82) is 0 Å². The van der Waals surface area contributed by atoms with Gasteiger partial charge in [-0.05, 0) is 53.9 Å². The Hall–Kier alpha value is -2.93. The molecule has 166 valence electrons. The van der Waals surface area contributed by atoms with Crippen LogP contribution in [0.5, 0.6) is 17.2 Å². The molecule has 0 aliphatic carbocycles. The molecule has 2 aliphatic heterocycles. The first-order chi connectivity index (χ1) is 15.1. The largest absolute Gasteiger partial charge is 0.497 e. The van der Waals surface area contributed by atoms with E-state index in [0.717, 1.165) is 62.0 Å². The number of nitrogens with one attached hydrogen (secondary N) is 1. The molecule has 1 amide bonds. The van der Waals surface area contributed by atoms with Crippen molar-refractivity contribution in [2.45, 2.75) is 13.0 Å². The van der Waals surface area contributed by atoms with E-state index >= 15 is 0 Å². The second-order valence-electron chi connectivity index (χ2n) is 8.15. The first-order valence-corrected chi connectivity index (χ1v) is 10.9. The molecule has 0 bridgehead atoms. The number of carbonyl (C=O) groups excluding carboxylic acids is 1. The standard InChI is InChI=1S/C24H31N3O4/c1-29-21-6-4-20(5-7-21)26-12-10-25(11-13-26)17-24(28)27-9-8-18-14-22(30-2)23(31-3)15-19(18)16-27/h4-7,14-15H,8-13,16-17H2,1-3H3/p+1. The molecular formula is C24H32N3O4+. The van der Waals surface area contributed by atoms with Crippen molar-refractivity contribution in [2.24, 2.45) is 0 Å². The lowest BCUT2D eigenvalue weighted by Crippen LogP contribution is -3.15. The van der Waals surface area contributed by atoms with Gasteiger partial charge in [-0.3, -0.25) is 4.79 Å². The van der Waals surface area contributed by atoms with Crippen molar-refractivity contribution in [2.75, 3.05) is 65.5 Å². The molecule has 0 aromatic heterocycles. The Balaban J connectivity index is 1.31. The highest BCUT2D eigenvalue weighted by Gasteiger charge is 2.27. The van der Waals surface area contributed by atoms with Gasteiger partial charge < -0.3 is 28.9 Å². The summed E-state index contributed by atoms with van der Waals surface area (Å²) in [5, 5.41) is 0. The first-order valence-electron chi connectivity index (χ1n) is 10.9. The number of ether oxygens (including phenoxy) is 3. The number of hydrogen-bond donors (Lipinski definition) is 1. The summed E-state index contributed by atoms with van der Waals surface area (Å²) in [6.45, 7) is 5.79. The Labute approximate surface area is 184 Å². The van der Waals surface area contributed by atoms with E-state index in [4.69, 9.17) is 14.2 Å². The lowest BCUT2D eigenvalue weighted by atomic mass is 9.98. The minimum Gasteiger partial charge on any atom is -0.497 e. The molecule has 2 heterocycles. The van der Waals surface area contributed by atoms with Crippen molar-refractivity contribution >= 4 is 11.6 Å². The van der Waals surface area contributed by atoms with E-state index in [1.807, 2.05) is 29.2 Å². The average Bonchev–Trinajstić information content (AvgIpc) is 2.83. The van der Waals surface area contributed by atoms with Crippen LogP contribution in [-0.4, -0.2) is 71.4 Å². The summed E-state index contributed by atoms with van der Waals surface area (Å²) >= 11 is 0. The summed E-state index contributed by atoms with van der Waals surface area (Å²) in [6, 6.07) is 12.2. The van der Waals surface area contributed by atoms with Crippen LogP contribution in [-0.2, 0) is 17.8 Å². The number of carbonyl (C=O) groups is 1. The molecule has 7 heteroatoms. The molecule has 7 nitrogen and oxygen atoms in total. The normalized spacial score (nSPS) is 16.6. The molecular weight excluding hydrogens is 394 g/mol. The molecule has 1 fully saturated rings. The van der Waals surface area contributed by atoms with Gasteiger partial charge >= 0.3 is 0 Å². The Morgan fingerprint density at radius 2 is 1.55 bits per heavy atom. The van der Waals surface area contributed by atoms with Gasteiger partial charge in [0, 0.05) is 18.8 Å². The van der Waals surface area contributed by atoms with E-state index in [2.05, 4.69) is 17.0 Å². The van der Waals surface area contributed by atoms with Gasteiger partial charge in [-0.2, -0.15) is 0 Å². The SMILES string of the molecule is COc1ccc(N2CC[NH+](CC(=O)N3CCc4cc(OC)c(OC)cc4C3)CC2)cc1. The maximum Gasteiger partial charge on any atom is 0.278 e. The molecule has 2 aliphatic rings. The summed E-state index contributed by atoms with van der Waals surface area (Å²) in [7, 11) is 4.98. The van der Waals surface area contributed by atoms with Crippen LogP contribution in [0.3, 0.4) is 0 Å². The van der Waals surface area contributed by atoms with E-state index in [1.165, 1.54) is 16.2 Å². The summed E-state index contributed by atoms with van der Waals surface area (Å²) in [5.74, 6) is 2.57. The lowest BCUT2D eigenvalue weighted by molar-refractivity contribution is -0.892. The van der Waals surface area contributed by atoms with Gasteiger partial charge in [-0.1, -0.05) is 0 Å². The number of methoxy groups -OCH3 is 3. The Morgan fingerprint density at radius 1 is 0.903 bits per heavy atom. The number of amides is 1. The zero-order valence-corrected chi connectivity index (χ0v) is 18.6. The summed E-state index contributed by atoms with van der Waals surface area (Å²) in [6.07, 6.45) is 0.849. The van der Waals surface area contributed by atoms with Gasteiger partial charge in [0.15, 0.2) is 18.0 Å². The van der Waals surface area contributed by atoms with Crippen LogP contribution in [0.15, 0.2) is 36.4 Å². The highest BCUT2D eigenvalue weighted by Crippen LogP contribution is 2.33. The van der Waals surface area contributed by atoms with Crippen LogP contribution in [0.1, 0.15) is 11.1 Å². The van der Waals surface area contributed by atoms with E-state index in [9.17, 15) is 4.79 Å². The minimum atomic E-state index is 0.230. The van der Waals surface area contributed by atoms with Crippen molar-refractivity contribution in [3.05, 3.63) is 47.5 Å². The molecule has 0 atom stereocenters. The van der Waals surface area contributed by atoms with E-state index in [-0.39, 0.29) is 5.91 Å². The van der Waals surface area contributed by atoms with Crippen molar-refractivity contribution in [3.63, 3.8) is 0 Å². The molecule has 1 N–H and O–H groups in total. The van der Waals surface area contributed by atoms with Gasteiger partial charge in [-0.15, -0.1) is 0 Å². The predicted molar refractivity (Wildman–Crippen MR) is 119 cm³/mol. The zero-order chi connectivity index (χ0) is 21.8. The first kappa shape index (κ1) is 21.3. The number of quaternary nitrogens is 1. The molecule has 4 rings (SSSR count). The van der Waals surface area contributed by atoms with Crippen LogP contribution in [0, 0.1) is 0 Å². The fourth-order valence-electron chi connectivity index (χ4n) is 4.47. The zero-order valence-electron chi connectivity index (χ0n) is 18.6. The number of hydrogen-bond acceptors (Lipinski definition) is 5. The van der Waals surface area contributed by atoms with E-state index in [0.29, 0.717) is 13.1 Å². The highest BCUT2D eigenvalue weighted by molar-refractivity contribution is 5.77. The third-order valence-corrected chi connectivity index (χ3v) is 6.38. The van der Waals surface area contributed by atoms with Crippen LogP contribution >= 0.6 is 0 Å². The maximum atomic E-state index is 13.0. The van der Waals surface area contributed by atoms with Gasteiger partial charge in [0.2, 0.25) is 0 Å². The van der Waals surface area contributed by atoms with Crippen molar-refractivity contribution in [3.8, 4) is 17.2 Å². The van der Waals surface area contributed by atoms with Gasteiger partial charge in [0.05, 0.1) is 47.5 Å². The molecule has 0 unspecified atom stereocenters. The minimum absolute atomic E-state index is 0.230. The van der Waals surface area contributed by atoms with Crippen LogP contribution in [0.2, 0.25) is 0 Å². The fourth-order valence-corrected chi connectivity index (χ4v) is 4.47. The molecule has 1 saturated heterocycles. The number of anilines is 1. The second kappa shape index (κ2) is 9.47. The Bertz CT molecular complexity index is 908. The molecule has 0 spiro atoms. The smallest absolute Gasteiger partial charge is 0.278 e. The molecule has 0 radical (unpaired) electrons. The quantitative estimate of drug-likeness (QED) is 0.747. The monoisotopic (exact) mass is 426 g/mol. The third kappa shape index (κ3) is 4.71. The third-order valence-electron chi connectivity index (χ3n) is 6.38.